The van der Waals surface area contributed by atoms with Crippen molar-refractivity contribution in [2.75, 3.05) is 33.9 Å². The van der Waals surface area contributed by atoms with Gasteiger partial charge in [-0.2, -0.15) is 4.98 Å². The SMILES string of the molecule is CC.CNCCCC[C@H](C)Oc1cc([C@@H]2CCOC2)nc(C(=O)OC)n1. The Labute approximate surface area is 156 Å². The van der Waals surface area contributed by atoms with Crippen molar-refractivity contribution in [3.8, 4) is 5.88 Å². The highest BCUT2D eigenvalue weighted by Crippen LogP contribution is 2.26. The number of esters is 1. The van der Waals surface area contributed by atoms with Crippen LogP contribution in [0.5, 0.6) is 5.88 Å². The van der Waals surface area contributed by atoms with Gasteiger partial charge in [0.25, 0.3) is 0 Å². The Bertz CT molecular complexity index is 534. The number of hydrogen-bond acceptors (Lipinski definition) is 7. The Morgan fingerprint density at radius 2 is 2.15 bits per heavy atom. The van der Waals surface area contributed by atoms with Gasteiger partial charge in [0, 0.05) is 18.6 Å². The van der Waals surface area contributed by atoms with Gasteiger partial charge in [-0.1, -0.05) is 13.8 Å². The molecular formula is C19H33N3O4. The summed E-state index contributed by atoms with van der Waals surface area (Å²) < 4.78 is 16.1. The topological polar surface area (TPSA) is 82.6 Å². The minimum absolute atomic E-state index is 0.0231. The van der Waals surface area contributed by atoms with E-state index >= 15 is 0 Å². The summed E-state index contributed by atoms with van der Waals surface area (Å²) in [6.45, 7) is 8.33. The maximum Gasteiger partial charge on any atom is 0.376 e. The zero-order valence-corrected chi connectivity index (χ0v) is 16.7. The van der Waals surface area contributed by atoms with Crippen LogP contribution in [0.25, 0.3) is 0 Å². The van der Waals surface area contributed by atoms with Crippen LogP contribution in [0.3, 0.4) is 0 Å². The number of nitrogens with one attached hydrogen (secondary N) is 1. The van der Waals surface area contributed by atoms with Gasteiger partial charge in [0.05, 0.1) is 25.5 Å². The lowest BCUT2D eigenvalue weighted by atomic mass is 10.0. The molecule has 0 saturated carbocycles. The lowest BCUT2D eigenvalue weighted by Crippen LogP contribution is -2.17. The minimum Gasteiger partial charge on any atom is -0.475 e. The molecule has 26 heavy (non-hydrogen) atoms. The van der Waals surface area contributed by atoms with Gasteiger partial charge in [-0.25, -0.2) is 9.78 Å². The molecule has 0 spiro atoms. The predicted octanol–water partition coefficient (Wildman–Crippen LogP) is 2.95. The second-order valence-corrected chi connectivity index (χ2v) is 6.03. The monoisotopic (exact) mass is 367 g/mol. The molecular weight excluding hydrogens is 334 g/mol. The zero-order valence-electron chi connectivity index (χ0n) is 16.7. The molecule has 1 aliphatic rings. The van der Waals surface area contributed by atoms with Crippen molar-refractivity contribution < 1.29 is 19.0 Å². The van der Waals surface area contributed by atoms with Crippen LogP contribution in [0.2, 0.25) is 0 Å². The third-order valence-corrected chi connectivity index (χ3v) is 4.05. The molecule has 7 heteroatoms. The molecule has 1 aliphatic heterocycles. The van der Waals surface area contributed by atoms with Crippen LogP contribution in [0.4, 0.5) is 0 Å². The summed E-state index contributed by atoms with van der Waals surface area (Å²) in [5.41, 5.74) is 0.778. The zero-order chi connectivity index (χ0) is 19.4. The Kier molecular flexibility index (Phi) is 10.8. The first-order chi connectivity index (χ1) is 12.6. The van der Waals surface area contributed by atoms with Gasteiger partial charge in [-0.05, 0) is 46.2 Å². The number of hydrogen-bond donors (Lipinski definition) is 1. The molecule has 1 saturated heterocycles. The number of rotatable bonds is 9. The summed E-state index contributed by atoms with van der Waals surface area (Å²) >= 11 is 0. The molecule has 2 heterocycles. The molecule has 0 unspecified atom stereocenters. The van der Waals surface area contributed by atoms with E-state index in [0.717, 1.165) is 37.9 Å². The Morgan fingerprint density at radius 1 is 1.38 bits per heavy atom. The first kappa shape index (κ1) is 22.3. The summed E-state index contributed by atoms with van der Waals surface area (Å²) in [6.07, 6.45) is 4.01. The van der Waals surface area contributed by atoms with E-state index in [9.17, 15) is 4.79 Å². The highest BCUT2D eigenvalue weighted by molar-refractivity contribution is 5.85. The highest BCUT2D eigenvalue weighted by atomic mass is 16.5. The van der Waals surface area contributed by atoms with E-state index in [-0.39, 0.29) is 17.8 Å². The van der Waals surface area contributed by atoms with Crippen LogP contribution in [0.1, 0.15) is 68.7 Å². The van der Waals surface area contributed by atoms with Crippen molar-refractivity contribution in [3.05, 3.63) is 17.6 Å². The van der Waals surface area contributed by atoms with Gasteiger partial charge < -0.3 is 19.5 Å². The van der Waals surface area contributed by atoms with Crippen LogP contribution in [0.15, 0.2) is 6.07 Å². The van der Waals surface area contributed by atoms with Crippen LogP contribution >= 0.6 is 0 Å². The Balaban J connectivity index is 0.00000163. The quantitative estimate of drug-likeness (QED) is 0.531. The van der Waals surface area contributed by atoms with E-state index in [2.05, 4.69) is 15.3 Å². The van der Waals surface area contributed by atoms with Crippen LogP contribution < -0.4 is 10.1 Å². The number of methoxy groups -OCH3 is 1. The lowest BCUT2D eigenvalue weighted by Gasteiger charge is -2.16. The molecule has 2 rings (SSSR count). The van der Waals surface area contributed by atoms with E-state index in [4.69, 9.17) is 14.2 Å². The summed E-state index contributed by atoms with van der Waals surface area (Å²) in [5, 5.41) is 3.13. The Hall–Kier alpha value is -1.73. The molecule has 1 N–H and O–H groups in total. The number of nitrogens with zero attached hydrogens (tertiary/aromatic N) is 2. The van der Waals surface area contributed by atoms with Crippen LogP contribution in [-0.4, -0.2) is 56.0 Å². The number of aromatic nitrogens is 2. The largest absolute Gasteiger partial charge is 0.475 e. The van der Waals surface area contributed by atoms with E-state index < -0.39 is 5.97 Å². The molecule has 1 aromatic heterocycles. The Morgan fingerprint density at radius 3 is 2.77 bits per heavy atom. The number of carbonyl (C=O) groups excluding carboxylic acids is 1. The summed E-state index contributed by atoms with van der Waals surface area (Å²) in [5.74, 6) is 0.0830. The number of unbranched alkanes of at least 4 members (excludes halogenated alkanes) is 1. The summed E-state index contributed by atoms with van der Waals surface area (Å²) in [6, 6.07) is 1.82. The molecule has 1 fully saturated rings. The van der Waals surface area contributed by atoms with Gasteiger partial charge in [-0.15, -0.1) is 0 Å². The van der Waals surface area contributed by atoms with E-state index in [1.54, 1.807) is 0 Å². The van der Waals surface area contributed by atoms with Crippen molar-refractivity contribution in [2.24, 2.45) is 0 Å². The van der Waals surface area contributed by atoms with Gasteiger partial charge in [0.2, 0.25) is 11.7 Å². The third kappa shape index (κ3) is 7.25. The smallest absolute Gasteiger partial charge is 0.376 e. The first-order valence-electron chi connectivity index (χ1n) is 9.50. The summed E-state index contributed by atoms with van der Waals surface area (Å²) in [7, 11) is 3.27. The average molecular weight is 367 g/mol. The van der Waals surface area contributed by atoms with Gasteiger partial charge in [-0.3, -0.25) is 0 Å². The first-order valence-corrected chi connectivity index (χ1v) is 9.50. The highest BCUT2D eigenvalue weighted by Gasteiger charge is 2.23. The number of ether oxygens (including phenoxy) is 3. The minimum atomic E-state index is -0.553. The van der Waals surface area contributed by atoms with Crippen molar-refractivity contribution >= 4 is 5.97 Å². The second kappa shape index (κ2) is 12.6. The molecule has 0 aromatic carbocycles. The third-order valence-electron chi connectivity index (χ3n) is 4.05. The standard InChI is InChI=1S/C17H27N3O4.C2H6/c1-12(6-4-5-8-18-2)24-15-10-14(13-7-9-23-11-13)19-16(20-15)17(21)22-3;1-2/h10,12-13,18H,4-9,11H2,1-3H3;1-2H3/t12-,13+;/m0./s1. The van der Waals surface area contributed by atoms with E-state index in [0.29, 0.717) is 19.1 Å². The molecule has 0 amide bonds. The average Bonchev–Trinajstić information content (AvgIpc) is 3.21. The molecule has 0 bridgehead atoms. The molecule has 1 aromatic rings. The van der Waals surface area contributed by atoms with Gasteiger partial charge in [0.1, 0.15) is 0 Å². The second-order valence-electron chi connectivity index (χ2n) is 6.03. The van der Waals surface area contributed by atoms with Crippen molar-refractivity contribution in [2.45, 2.75) is 58.5 Å². The van der Waals surface area contributed by atoms with Crippen molar-refractivity contribution in [1.29, 1.82) is 0 Å². The maximum atomic E-state index is 11.8. The molecule has 7 nitrogen and oxygen atoms in total. The van der Waals surface area contributed by atoms with Gasteiger partial charge >= 0.3 is 5.97 Å². The molecule has 0 radical (unpaired) electrons. The van der Waals surface area contributed by atoms with Crippen LogP contribution in [-0.2, 0) is 9.47 Å². The van der Waals surface area contributed by atoms with Crippen molar-refractivity contribution in [1.82, 2.24) is 15.3 Å². The van der Waals surface area contributed by atoms with Crippen molar-refractivity contribution in [3.63, 3.8) is 0 Å². The molecule has 0 aliphatic carbocycles. The maximum absolute atomic E-state index is 11.8. The predicted molar refractivity (Wildman–Crippen MR) is 101 cm³/mol. The van der Waals surface area contributed by atoms with E-state index in [1.165, 1.54) is 7.11 Å². The lowest BCUT2D eigenvalue weighted by molar-refractivity contribution is 0.0583. The molecule has 2 atom stereocenters. The molecule has 148 valence electrons. The van der Waals surface area contributed by atoms with Gasteiger partial charge in [0.15, 0.2) is 0 Å². The van der Waals surface area contributed by atoms with E-state index in [1.807, 2.05) is 33.9 Å². The fraction of sp³-hybridized carbons (Fsp3) is 0.737. The summed E-state index contributed by atoms with van der Waals surface area (Å²) in [4.78, 5) is 20.3. The fourth-order valence-electron chi connectivity index (χ4n) is 2.66. The van der Waals surface area contributed by atoms with Crippen LogP contribution in [0, 0.1) is 0 Å². The number of carbonyl (C=O) groups is 1. The normalized spacial score (nSPS) is 17.2. The fourth-order valence-corrected chi connectivity index (χ4v) is 2.66.